The van der Waals surface area contributed by atoms with E-state index in [1.165, 1.54) is 32.1 Å². The van der Waals surface area contributed by atoms with E-state index < -0.39 is 91.9 Å². The molecular formula is C44H64O14. The first-order chi connectivity index (χ1) is 27.9. The van der Waals surface area contributed by atoms with Crippen LogP contribution in [0.25, 0.3) is 6.08 Å². The minimum atomic E-state index is -1.82. The maximum absolute atomic E-state index is 13.3. The molecule has 11 atom stereocenters. The smallest absolute Gasteiger partial charge is 0.333 e. The second-order valence-corrected chi connectivity index (χ2v) is 15.3. The van der Waals surface area contributed by atoms with Gasteiger partial charge in [0.15, 0.2) is 30.9 Å². The number of aliphatic hydroxyl groups excluding tert-OH is 2. The summed E-state index contributed by atoms with van der Waals surface area (Å²) in [4.78, 5) is 51.8. The van der Waals surface area contributed by atoms with Crippen LogP contribution in [0.5, 0.6) is 0 Å². The number of aliphatic hydroxyl groups is 2. The number of hydrogen-bond donors (Lipinski definition) is 2. The quantitative estimate of drug-likeness (QED) is 0.121. The van der Waals surface area contributed by atoms with Crippen molar-refractivity contribution >= 4 is 30.0 Å². The van der Waals surface area contributed by atoms with E-state index in [1.807, 2.05) is 6.07 Å². The molecule has 3 aliphatic heterocycles. The van der Waals surface area contributed by atoms with Gasteiger partial charge in [0.1, 0.15) is 31.0 Å². The Morgan fingerprint density at radius 3 is 2.21 bits per heavy atom. The highest BCUT2D eigenvalue weighted by molar-refractivity contribution is 5.88. The number of cyclic esters (lactones) is 1. The van der Waals surface area contributed by atoms with Crippen molar-refractivity contribution in [3.05, 3.63) is 53.6 Å². The zero-order chi connectivity index (χ0) is 42.0. The molecule has 4 rings (SSSR count). The molecule has 14 nitrogen and oxygen atoms in total. The predicted octanol–water partition coefficient (Wildman–Crippen LogP) is 6.03. The average molecular weight is 817 g/mol. The van der Waals surface area contributed by atoms with Crippen molar-refractivity contribution < 1.29 is 67.3 Å². The average Bonchev–Trinajstić information content (AvgIpc) is 3.20. The summed E-state index contributed by atoms with van der Waals surface area (Å²) in [7, 11) is 0. The van der Waals surface area contributed by atoms with Gasteiger partial charge in [-0.05, 0) is 51.7 Å². The Balaban J connectivity index is 1.73. The second kappa shape index (κ2) is 24.4. The molecule has 0 aromatic heterocycles. The van der Waals surface area contributed by atoms with E-state index in [2.05, 4.69) is 6.92 Å². The minimum absolute atomic E-state index is 0.151. The van der Waals surface area contributed by atoms with Crippen LogP contribution in [-0.2, 0) is 57.1 Å². The van der Waals surface area contributed by atoms with E-state index in [4.69, 9.17) is 37.9 Å². The number of hydrogen-bond acceptors (Lipinski definition) is 14. The maximum Gasteiger partial charge on any atom is 0.333 e. The number of carbonyl (C=O) groups excluding carboxylic acids is 4. The number of allylic oxidation sites excluding steroid dienone is 1. The van der Waals surface area contributed by atoms with Gasteiger partial charge >= 0.3 is 23.9 Å². The molecule has 2 N–H and O–H groups in total. The molecule has 3 heterocycles. The molecule has 3 fully saturated rings. The molecule has 0 radical (unpaired) electrons. The first kappa shape index (κ1) is 47.0. The molecule has 0 unspecified atom stereocenters. The van der Waals surface area contributed by atoms with Gasteiger partial charge in [-0.25, -0.2) is 9.59 Å². The van der Waals surface area contributed by atoms with Crippen LogP contribution in [0, 0.1) is 0 Å². The lowest BCUT2D eigenvalue weighted by Crippen LogP contribution is -2.65. The van der Waals surface area contributed by atoms with Crippen LogP contribution in [0.2, 0.25) is 0 Å². The van der Waals surface area contributed by atoms with E-state index in [9.17, 15) is 29.4 Å². The number of fused-ring (bicyclic) bond motifs is 3. The van der Waals surface area contributed by atoms with Gasteiger partial charge in [-0.2, -0.15) is 0 Å². The molecule has 3 aliphatic rings. The summed E-state index contributed by atoms with van der Waals surface area (Å²) in [6, 6.07) is 9.03. The summed E-state index contributed by atoms with van der Waals surface area (Å²) in [5.74, 6) is -2.82. The lowest BCUT2D eigenvalue weighted by molar-refractivity contribution is -0.369. The number of esters is 4. The molecule has 58 heavy (non-hydrogen) atoms. The van der Waals surface area contributed by atoms with E-state index in [-0.39, 0.29) is 18.1 Å². The van der Waals surface area contributed by atoms with Crippen molar-refractivity contribution in [2.75, 3.05) is 6.61 Å². The Bertz CT molecular complexity index is 1500. The normalized spacial score (nSPS) is 32.3. The van der Waals surface area contributed by atoms with Crippen molar-refractivity contribution in [1.29, 1.82) is 0 Å². The first-order valence-corrected chi connectivity index (χ1v) is 21.0. The van der Waals surface area contributed by atoms with Crippen LogP contribution in [0.4, 0.5) is 0 Å². The summed E-state index contributed by atoms with van der Waals surface area (Å²) in [5, 5.41) is 23.8. The second-order valence-electron chi connectivity index (χ2n) is 15.3. The summed E-state index contributed by atoms with van der Waals surface area (Å²) in [6.45, 7) is 7.69. The highest BCUT2D eigenvalue weighted by Crippen LogP contribution is 2.34. The fourth-order valence-electron chi connectivity index (χ4n) is 7.28. The SMILES string of the molecule is C/C=C(\C)C(=O)O[C@@H]1[C@@H](O)[C@@H]2O[C@H]3[C@H](O[C@@H](CCCCC)CCCCCCCCCC(=O)OC[C@@H](O2)[C@H]1OC(=O)/C=C/c1ccccc1)O[C@H](C)[C@H](OC(C)=O)[C@@H]3O. The molecule has 0 saturated carbocycles. The molecule has 3 saturated heterocycles. The molecule has 0 amide bonds. The number of benzene rings is 1. The van der Waals surface area contributed by atoms with Crippen molar-refractivity contribution in [1.82, 2.24) is 0 Å². The van der Waals surface area contributed by atoms with Crippen LogP contribution in [0.15, 0.2) is 48.1 Å². The monoisotopic (exact) mass is 816 g/mol. The molecule has 1 aromatic carbocycles. The van der Waals surface area contributed by atoms with Gasteiger partial charge in [-0.1, -0.05) is 101 Å². The van der Waals surface area contributed by atoms with Crippen LogP contribution in [-0.4, -0.2) is 108 Å². The minimum Gasteiger partial charge on any atom is -0.463 e. The molecule has 14 heteroatoms. The van der Waals surface area contributed by atoms with Gasteiger partial charge < -0.3 is 48.1 Å². The van der Waals surface area contributed by atoms with Crippen LogP contribution in [0.1, 0.15) is 124 Å². The van der Waals surface area contributed by atoms with Crippen molar-refractivity contribution in [3.63, 3.8) is 0 Å². The first-order valence-electron chi connectivity index (χ1n) is 21.0. The number of unbranched alkanes of at least 4 members (excludes halogenated alkanes) is 2. The van der Waals surface area contributed by atoms with Crippen molar-refractivity contribution in [3.8, 4) is 0 Å². The zero-order valence-electron chi connectivity index (χ0n) is 34.7. The largest absolute Gasteiger partial charge is 0.463 e. The third-order valence-corrected chi connectivity index (χ3v) is 10.7. The molecule has 1 aromatic rings. The van der Waals surface area contributed by atoms with Crippen molar-refractivity contribution in [2.45, 2.75) is 186 Å². The van der Waals surface area contributed by atoms with Crippen LogP contribution >= 0.6 is 0 Å². The van der Waals surface area contributed by atoms with E-state index in [1.54, 1.807) is 38.1 Å². The number of rotatable bonds is 10. The highest BCUT2D eigenvalue weighted by atomic mass is 16.8. The van der Waals surface area contributed by atoms with Gasteiger partial charge in [0.2, 0.25) is 0 Å². The van der Waals surface area contributed by atoms with Gasteiger partial charge in [0, 0.05) is 25.0 Å². The third kappa shape index (κ3) is 14.6. The van der Waals surface area contributed by atoms with Gasteiger partial charge in [0.05, 0.1) is 12.2 Å². The maximum atomic E-state index is 13.3. The Morgan fingerprint density at radius 2 is 1.52 bits per heavy atom. The summed E-state index contributed by atoms with van der Waals surface area (Å²) in [6.07, 6.45) is 0.911. The highest BCUT2D eigenvalue weighted by Gasteiger charge is 2.55. The van der Waals surface area contributed by atoms with Crippen LogP contribution < -0.4 is 0 Å². The van der Waals surface area contributed by atoms with Gasteiger partial charge in [-0.15, -0.1) is 0 Å². The lowest BCUT2D eigenvalue weighted by Gasteiger charge is -2.47. The molecule has 0 aliphatic carbocycles. The summed E-state index contributed by atoms with van der Waals surface area (Å²) < 4.78 is 48.4. The molecular weight excluding hydrogens is 752 g/mol. The van der Waals surface area contributed by atoms with Crippen molar-refractivity contribution in [2.24, 2.45) is 0 Å². The lowest BCUT2D eigenvalue weighted by atomic mass is 9.96. The summed E-state index contributed by atoms with van der Waals surface area (Å²) >= 11 is 0. The summed E-state index contributed by atoms with van der Waals surface area (Å²) in [5.41, 5.74) is 0.924. The topological polar surface area (TPSA) is 183 Å². The predicted molar refractivity (Wildman–Crippen MR) is 212 cm³/mol. The fraction of sp³-hybridized carbons (Fsp3) is 0.682. The zero-order valence-corrected chi connectivity index (χ0v) is 34.7. The molecule has 0 spiro atoms. The van der Waals surface area contributed by atoms with Gasteiger partial charge in [0.25, 0.3) is 0 Å². The third-order valence-electron chi connectivity index (χ3n) is 10.7. The standard InChI is InChI=1S/C44H64O14/c1-6-8-15-22-32-23-18-12-10-9-11-13-19-24-34(46)51-27-33-39(56-35(47)26-25-31-20-16-14-17-21-31)40(57-42(50)28(3)7-2)37(49)43(55-33)58-41-36(48)38(53-30(5)45)29(4)52-44(41)54-32/h7,14,16-17,20-21,25-26,29,32-33,36-41,43-44,48-49H,6,8-13,15,18-19,22-24,27H2,1-5H3/b26-25+,28-7+/t29-,32+,33-,36+,37-,38+,39-,40-,41-,43+,44+/m1/s1. The number of ether oxygens (including phenoxy) is 8. The van der Waals surface area contributed by atoms with E-state index in [0.29, 0.717) is 6.42 Å². The van der Waals surface area contributed by atoms with E-state index in [0.717, 1.165) is 76.2 Å². The molecule has 2 bridgehead atoms. The Morgan fingerprint density at radius 1 is 0.810 bits per heavy atom. The Kier molecular flexibility index (Phi) is 19.8. The Hall–Kier alpha value is -3.66. The molecule has 324 valence electrons. The van der Waals surface area contributed by atoms with Crippen LogP contribution in [0.3, 0.4) is 0 Å². The fourth-order valence-corrected chi connectivity index (χ4v) is 7.28. The Labute approximate surface area is 342 Å². The van der Waals surface area contributed by atoms with Gasteiger partial charge in [-0.3, -0.25) is 9.59 Å². The number of carbonyl (C=O) groups is 4. The van der Waals surface area contributed by atoms with E-state index >= 15 is 0 Å².